The van der Waals surface area contributed by atoms with Crippen LogP contribution >= 0.6 is 0 Å². The summed E-state index contributed by atoms with van der Waals surface area (Å²) in [5.74, 6) is -0.859. The third kappa shape index (κ3) is 9.69. The van der Waals surface area contributed by atoms with Crippen molar-refractivity contribution in [2.24, 2.45) is 5.92 Å². The second kappa shape index (κ2) is 16.6. The Bertz CT molecular complexity index is 1590. The number of carbonyl (C=O) groups is 3. The van der Waals surface area contributed by atoms with Crippen LogP contribution in [0.15, 0.2) is 78.9 Å². The Morgan fingerprint density at radius 3 is 2.38 bits per heavy atom. The number of methoxy groups -OCH3 is 1. The van der Waals surface area contributed by atoms with Crippen molar-refractivity contribution in [1.82, 2.24) is 10.2 Å². The SMILES string of the molecule is COC(=O)[C@H](Cc1ccccc1)NC(=O)Nc1cccc([C@@H]2O[C@H](CN3CCC[C@H]3C(=O)OC(C)(C)C)[C@H](C)[C@H](c3ccc(CO)cc3)O2)c1. The van der Waals surface area contributed by atoms with E-state index in [1.165, 1.54) is 7.11 Å². The zero-order valence-corrected chi connectivity index (χ0v) is 29.5. The number of ether oxygens (including phenoxy) is 4. The first-order valence-corrected chi connectivity index (χ1v) is 17.2. The summed E-state index contributed by atoms with van der Waals surface area (Å²) in [5.41, 5.74) is 3.22. The van der Waals surface area contributed by atoms with Crippen molar-refractivity contribution >= 4 is 23.7 Å². The zero-order chi connectivity index (χ0) is 35.8. The molecule has 5 rings (SSSR count). The van der Waals surface area contributed by atoms with E-state index in [9.17, 15) is 19.5 Å². The number of nitrogens with zero attached hydrogens (tertiary/aromatic N) is 1. The van der Waals surface area contributed by atoms with Gasteiger partial charge in [-0.1, -0.05) is 73.7 Å². The number of likely N-dealkylation sites (tertiary alicyclic amines) is 1. The number of aliphatic hydroxyl groups excluding tert-OH is 1. The Kier molecular flexibility index (Phi) is 12.3. The molecule has 0 spiro atoms. The summed E-state index contributed by atoms with van der Waals surface area (Å²) in [6, 6.07) is 22.5. The number of urea groups is 1. The predicted molar refractivity (Wildman–Crippen MR) is 188 cm³/mol. The molecule has 11 nitrogen and oxygen atoms in total. The van der Waals surface area contributed by atoms with Gasteiger partial charge in [0.25, 0.3) is 0 Å². The zero-order valence-electron chi connectivity index (χ0n) is 29.5. The van der Waals surface area contributed by atoms with E-state index in [-0.39, 0.29) is 43.2 Å². The van der Waals surface area contributed by atoms with Gasteiger partial charge in [-0.2, -0.15) is 0 Å². The molecular weight excluding hydrogens is 638 g/mol. The van der Waals surface area contributed by atoms with Crippen molar-refractivity contribution in [2.75, 3.05) is 25.5 Å². The van der Waals surface area contributed by atoms with Crippen molar-refractivity contribution < 1.29 is 38.4 Å². The predicted octanol–water partition coefficient (Wildman–Crippen LogP) is 5.68. The summed E-state index contributed by atoms with van der Waals surface area (Å²) < 4.78 is 24.0. The topological polar surface area (TPSA) is 136 Å². The first-order valence-electron chi connectivity index (χ1n) is 17.2. The molecule has 2 aliphatic rings. The van der Waals surface area contributed by atoms with Gasteiger partial charge in [0.05, 0.1) is 25.9 Å². The third-order valence-corrected chi connectivity index (χ3v) is 9.07. The highest BCUT2D eigenvalue weighted by Gasteiger charge is 2.42. The fourth-order valence-corrected chi connectivity index (χ4v) is 6.51. The number of carbonyl (C=O) groups excluding carboxylic acids is 3. The van der Waals surface area contributed by atoms with E-state index in [4.69, 9.17) is 18.9 Å². The van der Waals surface area contributed by atoms with Gasteiger partial charge in [-0.15, -0.1) is 0 Å². The lowest BCUT2D eigenvalue weighted by Crippen LogP contribution is -2.48. The van der Waals surface area contributed by atoms with E-state index in [0.717, 1.165) is 36.1 Å². The highest BCUT2D eigenvalue weighted by molar-refractivity contribution is 5.92. The van der Waals surface area contributed by atoms with Gasteiger partial charge in [0, 0.05) is 30.1 Å². The fraction of sp³-hybridized carbons (Fsp3) is 0.462. The number of amides is 2. The number of aliphatic hydroxyl groups is 1. The Balaban J connectivity index is 1.34. The van der Waals surface area contributed by atoms with E-state index >= 15 is 0 Å². The van der Waals surface area contributed by atoms with Crippen LogP contribution in [-0.4, -0.2) is 72.0 Å². The molecule has 11 heteroatoms. The summed E-state index contributed by atoms with van der Waals surface area (Å²) in [6.07, 6.45) is 0.434. The molecule has 3 aromatic rings. The molecule has 2 fully saturated rings. The standard InChI is InChI=1S/C39H49N3O8/c1-25-33(23-42-20-10-15-32(42)36(45)50-39(2,3)4)48-37(49-34(25)28-18-16-27(24-43)17-19-28)29-13-9-14-30(22-29)40-38(46)41-31(35(44)47-5)21-26-11-7-6-8-12-26/h6-9,11-14,16-19,22,25,31-34,37,43H,10,15,20-21,23-24H2,1-5H3,(H2,40,41,46)/t25-,31-,32-,33+,34+,37+/m0/s1. The first kappa shape index (κ1) is 37.0. The number of hydrogen-bond acceptors (Lipinski definition) is 9. The van der Waals surface area contributed by atoms with E-state index in [1.54, 1.807) is 18.2 Å². The number of nitrogens with one attached hydrogen (secondary N) is 2. The molecular formula is C39H49N3O8. The molecule has 3 aromatic carbocycles. The Morgan fingerprint density at radius 2 is 1.70 bits per heavy atom. The minimum Gasteiger partial charge on any atom is -0.467 e. The molecule has 2 heterocycles. The molecule has 2 aliphatic heterocycles. The number of rotatable bonds is 11. The maximum Gasteiger partial charge on any atom is 0.328 e. The van der Waals surface area contributed by atoms with Gasteiger partial charge in [0.2, 0.25) is 0 Å². The van der Waals surface area contributed by atoms with Crippen LogP contribution in [0.3, 0.4) is 0 Å². The molecule has 0 saturated carbocycles. The first-order chi connectivity index (χ1) is 23.9. The maximum absolute atomic E-state index is 13.1. The van der Waals surface area contributed by atoms with Crippen molar-refractivity contribution in [3.8, 4) is 0 Å². The molecule has 268 valence electrons. The number of anilines is 1. The summed E-state index contributed by atoms with van der Waals surface area (Å²) in [4.78, 5) is 40.9. The van der Waals surface area contributed by atoms with Gasteiger partial charge in [0.15, 0.2) is 6.29 Å². The van der Waals surface area contributed by atoms with Crippen LogP contribution in [0.2, 0.25) is 0 Å². The number of esters is 2. The summed E-state index contributed by atoms with van der Waals surface area (Å²) in [5, 5.41) is 15.2. The summed E-state index contributed by atoms with van der Waals surface area (Å²) >= 11 is 0. The van der Waals surface area contributed by atoms with Gasteiger partial charge < -0.3 is 34.7 Å². The monoisotopic (exact) mass is 687 g/mol. The minimum absolute atomic E-state index is 0.0588. The highest BCUT2D eigenvalue weighted by Crippen LogP contribution is 2.42. The molecule has 0 aromatic heterocycles. The largest absolute Gasteiger partial charge is 0.467 e. The molecule has 6 atom stereocenters. The molecule has 2 saturated heterocycles. The highest BCUT2D eigenvalue weighted by atomic mass is 16.7. The van der Waals surface area contributed by atoms with Crippen molar-refractivity contribution in [2.45, 2.75) is 89.7 Å². The fourth-order valence-electron chi connectivity index (χ4n) is 6.51. The second-order valence-electron chi connectivity index (χ2n) is 14.0. The average Bonchev–Trinajstić information content (AvgIpc) is 3.57. The second-order valence-corrected chi connectivity index (χ2v) is 14.0. The Hall–Kier alpha value is -4.29. The van der Waals surface area contributed by atoms with Crippen LogP contribution in [0.1, 0.15) is 75.2 Å². The molecule has 0 radical (unpaired) electrons. The normalized spacial score (nSPS) is 23.1. The van der Waals surface area contributed by atoms with Crippen LogP contribution in [0.4, 0.5) is 10.5 Å². The molecule has 0 aliphatic carbocycles. The van der Waals surface area contributed by atoms with Crippen molar-refractivity contribution in [3.05, 3.63) is 101 Å². The van der Waals surface area contributed by atoms with Crippen LogP contribution in [0.25, 0.3) is 0 Å². The van der Waals surface area contributed by atoms with E-state index in [2.05, 4.69) is 22.5 Å². The molecule has 3 N–H and O–H groups in total. The van der Waals surface area contributed by atoms with Crippen LogP contribution in [-0.2, 0) is 41.6 Å². The van der Waals surface area contributed by atoms with E-state index in [1.807, 2.05) is 81.4 Å². The van der Waals surface area contributed by atoms with Crippen molar-refractivity contribution in [1.29, 1.82) is 0 Å². The lowest BCUT2D eigenvalue weighted by Gasteiger charge is -2.43. The van der Waals surface area contributed by atoms with E-state index in [0.29, 0.717) is 17.8 Å². The Morgan fingerprint density at radius 1 is 0.960 bits per heavy atom. The smallest absolute Gasteiger partial charge is 0.328 e. The summed E-state index contributed by atoms with van der Waals surface area (Å²) in [7, 11) is 1.29. The Labute approximate surface area is 294 Å². The molecule has 50 heavy (non-hydrogen) atoms. The average molecular weight is 688 g/mol. The lowest BCUT2D eigenvalue weighted by atomic mass is 9.90. The number of benzene rings is 3. The summed E-state index contributed by atoms with van der Waals surface area (Å²) in [6.45, 7) is 8.91. The maximum atomic E-state index is 13.1. The van der Waals surface area contributed by atoms with Crippen molar-refractivity contribution in [3.63, 3.8) is 0 Å². The van der Waals surface area contributed by atoms with E-state index < -0.39 is 29.9 Å². The molecule has 2 amide bonds. The lowest BCUT2D eigenvalue weighted by molar-refractivity contribution is -0.276. The molecule has 0 bridgehead atoms. The van der Waals surface area contributed by atoms with Crippen LogP contribution < -0.4 is 10.6 Å². The van der Waals surface area contributed by atoms with Gasteiger partial charge in [0.1, 0.15) is 17.7 Å². The van der Waals surface area contributed by atoms with Crippen LogP contribution in [0.5, 0.6) is 0 Å². The van der Waals surface area contributed by atoms with Gasteiger partial charge >= 0.3 is 18.0 Å². The van der Waals surface area contributed by atoms with Gasteiger partial charge in [-0.25, -0.2) is 9.59 Å². The number of hydrogen-bond donors (Lipinski definition) is 3. The minimum atomic E-state index is -0.883. The van der Waals surface area contributed by atoms with Crippen LogP contribution in [0, 0.1) is 5.92 Å². The molecule has 0 unspecified atom stereocenters. The third-order valence-electron chi connectivity index (χ3n) is 9.07. The quantitative estimate of drug-likeness (QED) is 0.218. The van der Waals surface area contributed by atoms with Gasteiger partial charge in [-0.3, -0.25) is 9.69 Å². The van der Waals surface area contributed by atoms with Gasteiger partial charge in [-0.05, 0) is 69.0 Å².